The minimum absolute atomic E-state index is 0.0228. The fourth-order valence-electron chi connectivity index (χ4n) is 9.48. The SMILES string of the molecule is C=C(NC(=O)C(=C)NC(=O)c1csc(-c2ccc3c(n2)-c2csc(n2)-c2csc(n2)C(C(C)C(=O)CO)NC(=O)C(Cc2ccc(O)cc2)NC(=O)C2CSC(=N2)C(C(O)c2ccccc2)NC(=O)C2N=C(SC2C)C(CC(N)=O)NC(=O)c2csc-3n2)n1)C(=O)O. The van der Waals surface area contributed by atoms with Crippen LogP contribution in [0.1, 0.15) is 69.5 Å². The summed E-state index contributed by atoms with van der Waals surface area (Å²) in [5.41, 5.74) is 6.69. The number of benzene rings is 2. The van der Waals surface area contributed by atoms with Gasteiger partial charge in [0.25, 0.3) is 17.7 Å². The molecule has 0 fully saturated rings. The van der Waals surface area contributed by atoms with Crippen LogP contribution in [0.4, 0.5) is 0 Å². The molecule has 3 aliphatic heterocycles. The number of carbonyl (C=O) groups is 9. The van der Waals surface area contributed by atoms with Crippen LogP contribution in [0.5, 0.6) is 5.75 Å². The van der Waals surface area contributed by atoms with Gasteiger partial charge in [-0.05, 0) is 35.4 Å². The molecular formula is C59H54N14O13S6. The van der Waals surface area contributed by atoms with Crippen molar-refractivity contribution >= 4 is 132 Å². The van der Waals surface area contributed by atoms with Gasteiger partial charge in [-0.2, -0.15) is 0 Å². The van der Waals surface area contributed by atoms with Crippen molar-refractivity contribution in [2.75, 3.05) is 12.4 Å². The number of aliphatic carboxylic acids is 1. The maximum atomic E-state index is 14.8. The van der Waals surface area contributed by atoms with Crippen LogP contribution in [0.2, 0.25) is 0 Å². The maximum Gasteiger partial charge on any atom is 0.351 e. The Morgan fingerprint density at radius 1 is 0.707 bits per heavy atom. The van der Waals surface area contributed by atoms with E-state index in [0.29, 0.717) is 27.4 Å². The molecule has 33 heteroatoms. The minimum atomic E-state index is -1.50. The molecular weight excluding hydrogens is 1310 g/mol. The highest BCUT2D eigenvalue weighted by molar-refractivity contribution is 8.15. The molecule has 3 aliphatic rings. The van der Waals surface area contributed by atoms with Crippen molar-refractivity contribution in [3.05, 3.63) is 140 Å². The Bertz CT molecular complexity index is 4170. The van der Waals surface area contributed by atoms with Crippen molar-refractivity contribution in [1.82, 2.24) is 56.8 Å². The molecule has 474 valence electrons. The van der Waals surface area contributed by atoms with Gasteiger partial charge in [0.1, 0.15) is 96.8 Å². The Morgan fingerprint density at radius 3 is 2.12 bits per heavy atom. The van der Waals surface area contributed by atoms with E-state index in [2.05, 4.69) is 44.7 Å². The Balaban J connectivity index is 1.05. The Morgan fingerprint density at radius 2 is 1.39 bits per heavy atom. The second-order valence-corrected chi connectivity index (χ2v) is 26.7. The summed E-state index contributed by atoms with van der Waals surface area (Å²) in [5.74, 6) is -8.77. The molecule has 0 radical (unpaired) electrons. The van der Waals surface area contributed by atoms with E-state index in [9.17, 15) is 58.5 Å². The van der Waals surface area contributed by atoms with Crippen molar-refractivity contribution in [1.29, 1.82) is 0 Å². The highest BCUT2D eigenvalue weighted by atomic mass is 32.2. The number of carboxylic acid groups (broad SMARTS) is 1. The summed E-state index contributed by atoms with van der Waals surface area (Å²) >= 11 is 6.55. The van der Waals surface area contributed by atoms with Crippen molar-refractivity contribution < 1.29 is 63.6 Å². The quantitative estimate of drug-likeness (QED) is 0.0647. The molecule has 8 heterocycles. The van der Waals surface area contributed by atoms with Gasteiger partial charge in [-0.15, -0.1) is 68.9 Å². The molecule has 7 aromatic rings. The topological polar surface area (TPSA) is 422 Å². The number of nitrogens with one attached hydrogen (secondary N) is 6. The number of amides is 7. The standard InChI is InChI=1S/C59H54N14O13S6/c1-24(40(76)18-74)42-57-70-39(23-91-57)55-66-35(19-88-55)44-31(14-15-32(63-44)54-68-36(21-89-54)49(81)61-25(2)47(79)62-26(3)59(85)86)53-67-37(20-87-53)51(83)65-34(17-41(60)77)56-73-43(27(4)92-56)52(84)72-45(46(78)29-8-6-5-7-9-29)58-69-38(22-90-58)50(82)64-33(48(80)71-42)16-28-10-12-30(75)13-11-28/h5-15,19-21,23-24,27,33-34,38,42-43,45-46,74-75,78H,2-3,16-18,22H2,1,4H3,(H2,60,77)(H,61,81)(H,62,79)(H,64,82)(H,65,83)(H,71,80)(H,72,84)(H,85,86). The number of primary amides is 1. The second kappa shape index (κ2) is 28.5. The number of aliphatic hydroxyl groups excluding tert-OH is 2. The number of carboxylic acids is 1. The van der Waals surface area contributed by atoms with E-state index < -0.39 is 131 Å². The number of pyridine rings is 1. The molecule has 5 aromatic heterocycles. The largest absolute Gasteiger partial charge is 0.508 e. The van der Waals surface area contributed by atoms with Gasteiger partial charge >= 0.3 is 5.97 Å². The highest BCUT2D eigenvalue weighted by Crippen LogP contribution is 2.40. The van der Waals surface area contributed by atoms with Gasteiger partial charge in [0.05, 0.1) is 40.0 Å². The number of ketones is 1. The summed E-state index contributed by atoms with van der Waals surface area (Å²) in [6, 6.07) is 10.5. The average Bonchev–Trinajstić information content (AvgIpc) is 1.61. The van der Waals surface area contributed by atoms with Crippen LogP contribution in [0.15, 0.2) is 123 Å². The van der Waals surface area contributed by atoms with Gasteiger partial charge < -0.3 is 58.1 Å². The van der Waals surface area contributed by atoms with E-state index in [1.807, 2.05) is 5.32 Å². The lowest BCUT2D eigenvalue weighted by Crippen LogP contribution is -2.52. The number of Topliss-reactive ketones (excluding diaryl/α,β-unsaturated/α-hetero) is 1. The van der Waals surface area contributed by atoms with Crippen LogP contribution in [0.25, 0.3) is 43.4 Å². The van der Waals surface area contributed by atoms with Crippen molar-refractivity contribution in [3.63, 3.8) is 0 Å². The van der Waals surface area contributed by atoms with Crippen LogP contribution in [-0.4, -0.2) is 156 Å². The first kappa shape index (κ1) is 65.7. The van der Waals surface area contributed by atoms with E-state index in [0.717, 1.165) is 68.9 Å². The predicted octanol–water partition coefficient (Wildman–Crippen LogP) is 3.94. The third-order valence-corrected chi connectivity index (χ3v) is 20.3. The number of phenols is 1. The van der Waals surface area contributed by atoms with E-state index in [1.165, 1.54) is 29.8 Å². The Hall–Kier alpha value is -9.22. The Labute approximate surface area is 546 Å². The number of carbonyl (C=O) groups excluding carboxylic acids is 8. The zero-order chi connectivity index (χ0) is 65.7. The molecule has 10 rings (SSSR count). The van der Waals surface area contributed by atoms with Crippen molar-refractivity contribution in [2.24, 2.45) is 21.6 Å². The van der Waals surface area contributed by atoms with Crippen molar-refractivity contribution in [2.45, 2.75) is 74.3 Å². The number of aromatic nitrogens is 5. The second-order valence-electron chi connectivity index (χ2n) is 20.8. The van der Waals surface area contributed by atoms with Gasteiger partial charge in [-0.25, -0.2) is 29.7 Å². The number of thiazole rings is 4. The highest BCUT2D eigenvalue weighted by Gasteiger charge is 2.42. The number of rotatable bonds is 15. The van der Waals surface area contributed by atoms with E-state index >= 15 is 0 Å². The molecule has 0 saturated carbocycles. The number of hydrogen-bond donors (Lipinski definition) is 11. The fraction of sp³-hybridized carbons (Fsp3) is 0.254. The number of hydrogen-bond acceptors (Lipinski definition) is 25. The monoisotopic (exact) mass is 1360 g/mol. The van der Waals surface area contributed by atoms with E-state index in [4.69, 9.17) is 40.8 Å². The van der Waals surface area contributed by atoms with Crippen molar-refractivity contribution in [3.8, 4) is 49.1 Å². The Kier molecular flexibility index (Phi) is 20.4. The normalized spacial score (nSPS) is 20.8. The van der Waals surface area contributed by atoms with Gasteiger partial charge in [-0.1, -0.05) is 69.5 Å². The average molecular weight is 1360 g/mol. The first-order chi connectivity index (χ1) is 44.0. The number of thioether (sulfide) groups is 2. The number of nitrogens with zero attached hydrogens (tertiary/aromatic N) is 7. The molecule has 9 atom stereocenters. The number of phenolic OH excluding ortho intramolecular Hbond substituents is 1. The van der Waals surface area contributed by atoms with E-state index in [1.54, 1.807) is 72.3 Å². The molecule has 10 bridgehead atoms. The number of nitrogens with two attached hydrogens (primary N) is 1. The molecule has 2 aromatic carbocycles. The van der Waals surface area contributed by atoms with Crippen LogP contribution in [0.3, 0.4) is 0 Å². The summed E-state index contributed by atoms with van der Waals surface area (Å²) in [7, 11) is 0. The molecule has 92 heavy (non-hydrogen) atoms. The predicted molar refractivity (Wildman–Crippen MR) is 346 cm³/mol. The van der Waals surface area contributed by atoms with Gasteiger partial charge in [0, 0.05) is 50.4 Å². The molecule has 12 N–H and O–H groups in total. The number of fused-ring (bicyclic) bond motifs is 12. The van der Waals surface area contributed by atoms with Crippen LogP contribution >= 0.6 is 68.9 Å². The third kappa shape index (κ3) is 15.1. The first-order valence-corrected chi connectivity index (χ1v) is 33.1. The number of aliphatic imine (C=N–C) groups is 2. The molecule has 7 amide bonds. The summed E-state index contributed by atoms with van der Waals surface area (Å²) in [5, 5.41) is 64.2. The maximum absolute atomic E-state index is 14.8. The zero-order valence-corrected chi connectivity index (χ0v) is 53.1. The summed E-state index contributed by atoms with van der Waals surface area (Å²) < 4.78 is 0. The fourth-order valence-corrected chi connectivity index (χ4v) is 15.2. The zero-order valence-electron chi connectivity index (χ0n) is 48.2. The molecule has 0 saturated heterocycles. The molecule has 27 nitrogen and oxygen atoms in total. The summed E-state index contributed by atoms with van der Waals surface area (Å²) in [6.45, 7) is 9.10. The first-order valence-electron chi connectivity index (χ1n) is 27.7. The third-order valence-electron chi connectivity index (χ3n) is 14.4. The van der Waals surface area contributed by atoms with Crippen LogP contribution < -0.4 is 37.6 Å². The lowest BCUT2D eigenvalue weighted by atomic mass is 9.96. The molecule has 0 aliphatic carbocycles. The molecule has 9 unspecified atom stereocenters. The van der Waals surface area contributed by atoms with Crippen LogP contribution in [0, 0.1) is 5.92 Å². The van der Waals surface area contributed by atoms with Gasteiger partial charge in [0.2, 0.25) is 23.6 Å². The number of aromatic hydroxyl groups is 1. The summed E-state index contributed by atoms with van der Waals surface area (Å²) in [6.07, 6.45) is -1.95. The van der Waals surface area contributed by atoms with E-state index in [-0.39, 0.29) is 71.5 Å². The van der Waals surface area contributed by atoms with Crippen LogP contribution in [-0.2, 0) is 40.0 Å². The lowest BCUT2D eigenvalue weighted by molar-refractivity contribution is -0.134. The minimum Gasteiger partial charge on any atom is -0.508 e. The number of aliphatic hydroxyl groups is 2. The van der Waals surface area contributed by atoms with Gasteiger partial charge in [-0.3, -0.25) is 48.3 Å². The molecule has 0 spiro atoms. The van der Waals surface area contributed by atoms with Gasteiger partial charge in [0.15, 0.2) is 5.78 Å². The smallest absolute Gasteiger partial charge is 0.351 e. The lowest BCUT2D eigenvalue weighted by Gasteiger charge is -2.26. The summed E-state index contributed by atoms with van der Waals surface area (Å²) in [4.78, 5) is 155.